The normalized spacial score (nSPS) is 13.6. The minimum atomic E-state index is -0.128. The summed E-state index contributed by atoms with van der Waals surface area (Å²) >= 11 is 0.738. The smallest absolute Gasteiger partial charge is 0.253 e. The molecule has 1 amide bonds. The molecule has 0 saturated carbocycles. The van der Waals surface area contributed by atoms with E-state index in [0.29, 0.717) is 22.1 Å². The lowest BCUT2D eigenvalue weighted by Crippen LogP contribution is -2.19. The highest BCUT2D eigenvalue weighted by Crippen LogP contribution is 2.37. The lowest BCUT2D eigenvalue weighted by atomic mass is 10.2. The molecule has 0 N–H and O–H groups in total. The van der Waals surface area contributed by atoms with E-state index >= 15 is 0 Å². The lowest BCUT2D eigenvalue weighted by molar-refractivity contribution is -0.193. The van der Waals surface area contributed by atoms with E-state index in [0.717, 1.165) is 17.8 Å². The van der Waals surface area contributed by atoms with Crippen molar-refractivity contribution in [3.05, 3.63) is 53.4 Å². The van der Waals surface area contributed by atoms with Gasteiger partial charge in [0.25, 0.3) is 5.91 Å². The SMILES string of the molecule is CC1=NN(c2ccc(Oc3ccccc3)c(SOON=O)c2)C(=O)C1. The third kappa shape index (κ3) is 4.14. The zero-order valence-corrected chi connectivity index (χ0v) is 13.9. The molecule has 9 heteroatoms. The maximum atomic E-state index is 12.0. The van der Waals surface area contributed by atoms with Gasteiger partial charge in [-0.1, -0.05) is 22.5 Å². The minimum Gasteiger partial charge on any atom is -0.456 e. The van der Waals surface area contributed by atoms with Crippen LogP contribution in [0.15, 0.2) is 63.9 Å². The molecular weight excluding hydrogens is 346 g/mol. The largest absolute Gasteiger partial charge is 0.456 e. The number of nitrogens with zero attached hydrogens (tertiary/aromatic N) is 3. The Morgan fingerprint density at radius 3 is 2.68 bits per heavy atom. The molecule has 0 aromatic heterocycles. The van der Waals surface area contributed by atoms with Gasteiger partial charge in [0.05, 0.1) is 29.0 Å². The average molecular weight is 359 g/mol. The van der Waals surface area contributed by atoms with Crippen LogP contribution in [0.5, 0.6) is 11.5 Å². The fraction of sp³-hybridized carbons (Fsp3) is 0.125. The Hall–Kier alpha value is -2.91. The van der Waals surface area contributed by atoms with Crippen molar-refractivity contribution in [1.82, 2.24) is 0 Å². The van der Waals surface area contributed by atoms with Crippen LogP contribution in [-0.2, 0) is 14.1 Å². The van der Waals surface area contributed by atoms with Gasteiger partial charge in [-0.15, -0.1) is 4.91 Å². The van der Waals surface area contributed by atoms with E-state index in [1.54, 1.807) is 37.3 Å². The molecule has 25 heavy (non-hydrogen) atoms. The van der Waals surface area contributed by atoms with Gasteiger partial charge in [0.15, 0.2) is 5.34 Å². The van der Waals surface area contributed by atoms with Crippen LogP contribution in [-0.4, -0.2) is 11.6 Å². The van der Waals surface area contributed by atoms with Crippen molar-refractivity contribution in [2.75, 3.05) is 5.01 Å². The fourth-order valence-electron chi connectivity index (χ4n) is 2.22. The van der Waals surface area contributed by atoms with E-state index in [1.807, 2.05) is 18.2 Å². The topological polar surface area (TPSA) is 89.8 Å². The third-order valence-electron chi connectivity index (χ3n) is 3.24. The minimum absolute atomic E-state index is 0.128. The van der Waals surface area contributed by atoms with Crippen LogP contribution in [0, 0.1) is 4.91 Å². The number of carbonyl (C=O) groups is 1. The van der Waals surface area contributed by atoms with Crippen molar-refractivity contribution in [3.63, 3.8) is 0 Å². The standard InChI is InChI=1S/C16H13N3O5S/c1-11-9-16(20)19(17-11)12-7-8-14(15(10-12)25-24-23-18-21)22-13-5-3-2-4-6-13/h2-8,10H,9H2,1H3. The summed E-state index contributed by atoms with van der Waals surface area (Å²) in [5, 5.41) is 7.68. The second kappa shape index (κ2) is 7.77. The first-order valence-electron chi connectivity index (χ1n) is 7.24. The van der Waals surface area contributed by atoms with Gasteiger partial charge in [0.2, 0.25) is 0 Å². The van der Waals surface area contributed by atoms with Gasteiger partial charge >= 0.3 is 0 Å². The zero-order valence-electron chi connectivity index (χ0n) is 13.1. The highest BCUT2D eigenvalue weighted by molar-refractivity contribution is 7.94. The van der Waals surface area contributed by atoms with Crippen LogP contribution >= 0.6 is 12.0 Å². The number of para-hydroxylation sites is 1. The Morgan fingerprint density at radius 2 is 2.00 bits per heavy atom. The molecule has 0 atom stereocenters. The molecule has 0 unspecified atom stereocenters. The number of ether oxygens (including phenoxy) is 1. The first-order chi connectivity index (χ1) is 12.2. The number of hydrogen-bond acceptors (Lipinski definition) is 8. The van der Waals surface area contributed by atoms with Crippen molar-refractivity contribution in [3.8, 4) is 11.5 Å². The summed E-state index contributed by atoms with van der Waals surface area (Å²) in [4.78, 5) is 26.5. The molecule has 3 rings (SSSR count). The second-order valence-corrected chi connectivity index (χ2v) is 5.81. The Labute approximate surface area is 147 Å². The Balaban J connectivity index is 1.89. The van der Waals surface area contributed by atoms with Gasteiger partial charge in [0, 0.05) is 5.71 Å². The number of benzene rings is 2. The number of hydrogen-bond donors (Lipinski definition) is 0. The monoisotopic (exact) mass is 359 g/mol. The molecule has 1 aliphatic heterocycles. The summed E-state index contributed by atoms with van der Waals surface area (Å²) in [6.45, 7) is 1.78. The molecule has 1 heterocycles. The third-order valence-corrected chi connectivity index (χ3v) is 3.87. The average Bonchev–Trinajstić information content (AvgIpc) is 2.96. The van der Waals surface area contributed by atoms with Crippen LogP contribution in [0.3, 0.4) is 0 Å². The first kappa shape index (κ1) is 16.9. The van der Waals surface area contributed by atoms with Gasteiger partial charge in [-0.05, 0) is 37.3 Å². The summed E-state index contributed by atoms with van der Waals surface area (Å²) in [5.41, 5.74) is 1.28. The number of hydrazone groups is 1. The van der Waals surface area contributed by atoms with Crippen molar-refractivity contribution in [1.29, 1.82) is 0 Å². The number of rotatable bonds is 7. The number of anilines is 1. The van der Waals surface area contributed by atoms with Crippen LogP contribution < -0.4 is 9.75 Å². The van der Waals surface area contributed by atoms with Gasteiger partial charge in [0.1, 0.15) is 11.5 Å². The van der Waals surface area contributed by atoms with Crippen LogP contribution in [0.4, 0.5) is 5.69 Å². The molecular formula is C16H13N3O5S. The summed E-state index contributed by atoms with van der Waals surface area (Å²) in [7, 11) is 0. The van der Waals surface area contributed by atoms with Gasteiger partial charge in [-0.25, -0.2) is 5.01 Å². The van der Waals surface area contributed by atoms with Crippen LogP contribution in [0.25, 0.3) is 0 Å². The second-order valence-electron chi connectivity index (χ2n) is 5.06. The summed E-state index contributed by atoms with van der Waals surface area (Å²) in [6.07, 6.45) is 0.277. The van der Waals surface area contributed by atoms with E-state index in [1.165, 1.54) is 5.01 Å². The Kier molecular flexibility index (Phi) is 5.26. The predicted molar refractivity (Wildman–Crippen MR) is 92.0 cm³/mol. The summed E-state index contributed by atoms with van der Waals surface area (Å²) in [5.74, 6) is 0.955. The quantitative estimate of drug-likeness (QED) is 0.242. The Morgan fingerprint density at radius 1 is 1.20 bits per heavy atom. The van der Waals surface area contributed by atoms with Gasteiger partial charge < -0.3 is 4.74 Å². The van der Waals surface area contributed by atoms with E-state index < -0.39 is 0 Å². The summed E-state index contributed by atoms with van der Waals surface area (Å²) < 4.78 is 10.4. The molecule has 1 aliphatic rings. The highest BCUT2D eigenvalue weighted by Gasteiger charge is 2.24. The fourth-order valence-corrected chi connectivity index (χ4v) is 2.70. The molecule has 0 fully saturated rings. The van der Waals surface area contributed by atoms with Crippen LogP contribution in [0.1, 0.15) is 13.3 Å². The zero-order chi connectivity index (χ0) is 17.6. The van der Waals surface area contributed by atoms with Gasteiger partial charge in [-0.2, -0.15) is 10.1 Å². The molecule has 0 saturated heterocycles. The van der Waals surface area contributed by atoms with Crippen molar-refractivity contribution >= 4 is 29.3 Å². The maximum Gasteiger partial charge on any atom is 0.253 e. The lowest BCUT2D eigenvalue weighted by Gasteiger charge is -2.15. The molecule has 0 aliphatic carbocycles. The molecule has 8 nitrogen and oxygen atoms in total. The van der Waals surface area contributed by atoms with E-state index in [2.05, 4.69) is 19.8 Å². The molecule has 2 aromatic rings. The first-order valence-corrected chi connectivity index (χ1v) is 7.98. The molecule has 128 valence electrons. The number of amides is 1. The van der Waals surface area contributed by atoms with Crippen molar-refractivity contribution in [2.45, 2.75) is 18.2 Å². The van der Waals surface area contributed by atoms with E-state index in [-0.39, 0.29) is 12.3 Å². The van der Waals surface area contributed by atoms with Crippen LogP contribution in [0.2, 0.25) is 0 Å². The van der Waals surface area contributed by atoms with Gasteiger partial charge in [-0.3, -0.25) is 4.79 Å². The van der Waals surface area contributed by atoms with Crippen molar-refractivity contribution < 1.29 is 18.9 Å². The summed E-state index contributed by atoms with van der Waals surface area (Å²) in [6, 6.07) is 14.2. The van der Waals surface area contributed by atoms with Crippen molar-refractivity contribution in [2.24, 2.45) is 10.4 Å². The number of carbonyl (C=O) groups excluding carboxylic acids is 1. The maximum absolute atomic E-state index is 12.0. The van der Waals surface area contributed by atoms with E-state index in [9.17, 15) is 9.70 Å². The molecule has 0 spiro atoms. The molecule has 0 bridgehead atoms. The highest BCUT2D eigenvalue weighted by atomic mass is 32.2. The molecule has 0 radical (unpaired) electrons. The van der Waals surface area contributed by atoms with E-state index in [4.69, 9.17) is 4.74 Å². The predicted octanol–water partition coefficient (Wildman–Crippen LogP) is 4.23. The molecule has 2 aromatic carbocycles. The Bertz CT molecular complexity index is 813.